The molecule has 2 aliphatic rings. The smallest absolute Gasteiger partial charge is 0.234 e. The van der Waals surface area contributed by atoms with Crippen molar-refractivity contribution in [1.82, 2.24) is 0 Å². The van der Waals surface area contributed by atoms with E-state index >= 15 is 0 Å². The third-order valence-electron chi connectivity index (χ3n) is 2.68. The van der Waals surface area contributed by atoms with Crippen LogP contribution >= 0.6 is 23.5 Å². The average molecular weight is 310 g/mol. The van der Waals surface area contributed by atoms with Crippen LogP contribution in [0, 0.1) is 0 Å². The van der Waals surface area contributed by atoms with Gasteiger partial charge in [0.15, 0.2) is 10.2 Å². The third kappa shape index (κ3) is 2.17. The molecule has 12 N–H and O–H groups in total. The molecule has 19 heavy (non-hydrogen) atoms. The number of hydrogen-bond acceptors (Lipinski definition) is 11. The first-order valence-corrected chi connectivity index (χ1v) is 6.76. The molecule has 108 valence electrons. The highest BCUT2D eigenvalue weighted by atomic mass is 32.2. The van der Waals surface area contributed by atoms with Crippen LogP contribution in [-0.4, -0.2) is 42.7 Å². The molecule has 0 aromatic rings. The normalized spacial score (nSPS) is 33.2. The van der Waals surface area contributed by atoms with Crippen molar-refractivity contribution in [3.8, 4) is 0 Å². The van der Waals surface area contributed by atoms with Gasteiger partial charge in [0.2, 0.25) is 11.6 Å². The highest BCUT2D eigenvalue weighted by Gasteiger charge is 2.49. The van der Waals surface area contributed by atoms with Gasteiger partial charge in [0, 0.05) is 0 Å². The standard InChI is InChI=1S/C8H14N4O5S2/c9-1-3(18-5(11)7(1,13)14)17-4-2(10)8(15,16)6(12)19-4/h5-6,13-16H,9-12H2. The molecule has 0 bridgehead atoms. The molecule has 0 saturated heterocycles. The fourth-order valence-corrected chi connectivity index (χ4v) is 3.29. The first-order chi connectivity index (χ1) is 8.58. The van der Waals surface area contributed by atoms with Gasteiger partial charge in [0.1, 0.15) is 22.1 Å². The monoisotopic (exact) mass is 310 g/mol. The van der Waals surface area contributed by atoms with Gasteiger partial charge in [-0.3, -0.25) is 0 Å². The summed E-state index contributed by atoms with van der Waals surface area (Å²) in [5.74, 6) is -4.81. The Balaban J connectivity index is 2.25. The summed E-state index contributed by atoms with van der Waals surface area (Å²) in [5.41, 5.74) is 21.2. The SMILES string of the molecule is NC1=C(OC2=C(N)C(O)(O)C(N)S2)SC(N)C1(O)O. The van der Waals surface area contributed by atoms with E-state index < -0.39 is 22.3 Å². The van der Waals surface area contributed by atoms with Crippen LogP contribution < -0.4 is 22.9 Å². The lowest BCUT2D eigenvalue weighted by Gasteiger charge is -2.19. The van der Waals surface area contributed by atoms with Gasteiger partial charge >= 0.3 is 0 Å². The summed E-state index contributed by atoms with van der Waals surface area (Å²) < 4.78 is 5.24. The van der Waals surface area contributed by atoms with Crippen LogP contribution in [0.3, 0.4) is 0 Å². The number of hydrogen-bond donors (Lipinski definition) is 8. The van der Waals surface area contributed by atoms with Crippen molar-refractivity contribution in [3.63, 3.8) is 0 Å². The topological polar surface area (TPSA) is 194 Å². The molecule has 0 aromatic carbocycles. The Morgan fingerprint density at radius 1 is 0.842 bits per heavy atom. The molecule has 2 unspecified atom stereocenters. The molecule has 0 amide bonds. The lowest BCUT2D eigenvalue weighted by atomic mass is 10.2. The number of aliphatic hydroxyl groups is 4. The van der Waals surface area contributed by atoms with Gasteiger partial charge in [-0.2, -0.15) is 0 Å². The Bertz CT molecular complexity index is 436. The van der Waals surface area contributed by atoms with Crippen LogP contribution in [0.4, 0.5) is 0 Å². The number of ether oxygens (including phenoxy) is 1. The Kier molecular flexibility index (Phi) is 3.43. The van der Waals surface area contributed by atoms with E-state index in [1.807, 2.05) is 0 Å². The van der Waals surface area contributed by atoms with Crippen molar-refractivity contribution in [3.05, 3.63) is 21.6 Å². The van der Waals surface area contributed by atoms with Gasteiger partial charge < -0.3 is 48.1 Å². The van der Waals surface area contributed by atoms with Crippen molar-refractivity contribution in [2.75, 3.05) is 0 Å². The van der Waals surface area contributed by atoms with Gasteiger partial charge in [-0.15, -0.1) is 0 Å². The lowest BCUT2D eigenvalue weighted by Crippen LogP contribution is -2.46. The molecule has 0 spiro atoms. The molecule has 0 radical (unpaired) electrons. The van der Waals surface area contributed by atoms with Crippen LogP contribution in [0.2, 0.25) is 0 Å². The van der Waals surface area contributed by atoms with Gasteiger partial charge in [-0.1, -0.05) is 23.5 Å². The zero-order valence-corrected chi connectivity index (χ0v) is 11.1. The Morgan fingerprint density at radius 3 is 1.37 bits per heavy atom. The third-order valence-corrected chi connectivity index (χ3v) is 4.88. The molecule has 0 saturated carbocycles. The van der Waals surface area contributed by atoms with Crippen molar-refractivity contribution in [2.45, 2.75) is 22.3 Å². The van der Waals surface area contributed by atoms with E-state index in [2.05, 4.69) is 0 Å². The molecule has 0 aliphatic carbocycles. The first-order valence-electron chi connectivity index (χ1n) is 5.00. The number of rotatable bonds is 2. The van der Waals surface area contributed by atoms with Gasteiger partial charge in [-0.25, -0.2) is 0 Å². The second-order valence-corrected chi connectivity index (χ2v) is 6.26. The van der Waals surface area contributed by atoms with Gasteiger partial charge in [-0.05, 0) is 0 Å². The van der Waals surface area contributed by atoms with Crippen molar-refractivity contribution in [1.29, 1.82) is 0 Å². The van der Waals surface area contributed by atoms with Crippen molar-refractivity contribution >= 4 is 23.5 Å². The van der Waals surface area contributed by atoms with Crippen LogP contribution in [0.25, 0.3) is 0 Å². The highest BCUT2D eigenvalue weighted by molar-refractivity contribution is 8.04. The largest absolute Gasteiger partial charge is 0.439 e. The first kappa shape index (κ1) is 14.7. The minimum atomic E-state index is -2.41. The van der Waals surface area contributed by atoms with E-state index in [1.54, 1.807) is 0 Å². The predicted molar refractivity (Wildman–Crippen MR) is 69.0 cm³/mol. The molecule has 2 aliphatic heterocycles. The van der Waals surface area contributed by atoms with Crippen molar-refractivity contribution in [2.24, 2.45) is 22.9 Å². The second kappa shape index (κ2) is 4.43. The lowest BCUT2D eigenvalue weighted by molar-refractivity contribution is -0.126. The summed E-state index contributed by atoms with van der Waals surface area (Å²) in [5, 5.41) is 35.9. The minimum absolute atomic E-state index is 0.0761. The minimum Gasteiger partial charge on any atom is -0.439 e. The molecule has 0 fully saturated rings. The molecule has 9 nitrogen and oxygen atoms in total. The Morgan fingerprint density at radius 2 is 1.16 bits per heavy atom. The maximum atomic E-state index is 9.57. The molecular weight excluding hydrogens is 296 g/mol. The van der Waals surface area contributed by atoms with Crippen LogP contribution in [0.1, 0.15) is 0 Å². The average Bonchev–Trinajstić information content (AvgIpc) is 2.61. The van der Waals surface area contributed by atoms with Crippen LogP contribution in [-0.2, 0) is 4.74 Å². The van der Waals surface area contributed by atoms with E-state index in [0.717, 1.165) is 23.5 Å². The highest BCUT2D eigenvalue weighted by Crippen LogP contribution is 2.45. The van der Waals surface area contributed by atoms with E-state index in [1.165, 1.54) is 0 Å². The summed E-state index contributed by atoms with van der Waals surface area (Å²) in [6.45, 7) is 0. The molecule has 0 aromatic heterocycles. The summed E-state index contributed by atoms with van der Waals surface area (Å²) >= 11 is 1.55. The summed E-state index contributed by atoms with van der Waals surface area (Å²) in [6, 6.07) is 0. The maximum absolute atomic E-state index is 9.57. The van der Waals surface area contributed by atoms with Crippen LogP contribution in [0.5, 0.6) is 0 Å². The fraction of sp³-hybridized carbons (Fsp3) is 0.500. The summed E-state index contributed by atoms with van der Waals surface area (Å²) in [6.07, 6.45) is 0. The summed E-state index contributed by atoms with van der Waals surface area (Å²) in [4.78, 5) is 0. The molecule has 2 atom stereocenters. The van der Waals surface area contributed by atoms with E-state index in [4.69, 9.17) is 27.7 Å². The molecule has 2 heterocycles. The van der Waals surface area contributed by atoms with Gasteiger partial charge in [0.05, 0.1) is 0 Å². The number of thioether (sulfide) groups is 2. The summed E-state index contributed by atoms with van der Waals surface area (Å²) in [7, 11) is 0. The predicted octanol–water partition coefficient (Wildman–Crippen LogP) is -3.32. The molecule has 2 rings (SSSR count). The molecular formula is C8H14N4O5S2. The van der Waals surface area contributed by atoms with Gasteiger partial charge in [0.25, 0.3) is 0 Å². The second-order valence-electron chi connectivity index (χ2n) is 4.03. The quantitative estimate of drug-likeness (QED) is 0.238. The Hall–Kier alpha value is -0.660. The number of nitrogens with two attached hydrogens (primary N) is 4. The maximum Gasteiger partial charge on any atom is 0.234 e. The van der Waals surface area contributed by atoms with Crippen LogP contribution in [0.15, 0.2) is 21.6 Å². The fourth-order valence-electron chi connectivity index (χ4n) is 1.37. The van der Waals surface area contributed by atoms with E-state index in [9.17, 15) is 20.4 Å². The van der Waals surface area contributed by atoms with E-state index in [0.29, 0.717) is 0 Å². The van der Waals surface area contributed by atoms with Crippen molar-refractivity contribution < 1.29 is 25.2 Å². The Labute approximate surface area is 116 Å². The zero-order valence-electron chi connectivity index (χ0n) is 9.48. The zero-order chi connectivity index (χ0) is 14.6. The van der Waals surface area contributed by atoms with E-state index in [-0.39, 0.29) is 21.6 Å². The molecule has 11 heteroatoms.